The summed E-state index contributed by atoms with van der Waals surface area (Å²) < 4.78 is 0. The van der Waals surface area contributed by atoms with E-state index >= 15 is 0 Å². The molecule has 1 saturated heterocycles. The Hall–Kier alpha value is -0.120. The summed E-state index contributed by atoms with van der Waals surface area (Å²) in [6.07, 6.45) is -0.315. The van der Waals surface area contributed by atoms with Crippen LogP contribution < -0.4 is 0 Å². The third-order valence-electron chi connectivity index (χ3n) is 1.11. The van der Waals surface area contributed by atoms with Crippen LogP contribution in [0.25, 0.3) is 0 Å². The maximum Gasteiger partial charge on any atom is 0.191 e. The summed E-state index contributed by atoms with van der Waals surface area (Å²) in [6.45, 7) is 0. The van der Waals surface area contributed by atoms with E-state index in [4.69, 9.17) is 5.11 Å². The van der Waals surface area contributed by atoms with Gasteiger partial charge >= 0.3 is 0 Å². The number of hydrogen-bond acceptors (Lipinski definition) is 3. The summed E-state index contributed by atoms with van der Waals surface area (Å²) in [4.78, 5) is 0. The molecule has 0 radical (unpaired) electrons. The molecule has 1 heterocycles. The van der Waals surface area contributed by atoms with E-state index in [1.54, 1.807) is 10.0 Å². The zero-order valence-corrected chi connectivity index (χ0v) is 3.92. The van der Waals surface area contributed by atoms with Gasteiger partial charge in [-0.15, -0.1) is 0 Å². The van der Waals surface area contributed by atoms with Gasteiger partial charge in [-0.05, 0) is 0 Å². The summed E-state index contributed by atoms with van der Waals surface area (Å²) in [5.41, 5.74) is 0. The zero-order valence-electron chi connectivity index (χ0n) is 3.92. The Bertz CT molecular complexity index is 45.5. The molecule has 0 amide bonds. The van der Waals surface area contributed by atoms with Gasteiger partial charge in [0.2, 0.25) is 0 Å². The minimum Gasteiger partial charge on any atom is -0.363 e. The highest BCUT2D eigenvalue weighted by atomic mass is 16.4. The van der Waals surface area contributed by atoms with Gasteiger partial charge in [0, 0.05) is 14.1 Å². The monoisotopic (exact) mass is 88.1 g/mol. The maximum atomic E-state index is 8.56. The lowest BCUT2D eigenvalue weighted by Crippen LogP contribution is -1.91. The van der Waals surface area contributed by atoms with Gasteiger partial charge in [0.05, 0.1) is 0 Å². The Morgan fingerprint density at radius 3 is 1.50 bits per heavy atom. The Balaban J connectivity index is 2.31. The van der Waals surface area contributed by atoms with Gasteiger partial charge in [0.15, 0.2) is 6.35 Å². The van der Waals surface area contributed by atoms with Crippen molar-refractivity contribution in [3.8, 4) is 0 Å². The number of hydrogen-bond donors (Lipinski definition) is 1. The quantitative estimate of drug-likeness (QED) is 0.387. The number of nitrogens with zero attached hydrogens (tertiary/aromatic N) is 2. The van der Waals surface area contributed by atoms with E-state index in [1.807, 2.05) is 14.1 Å². The van der Waals surface area contributed by atoms with Gasteiger partial charge in [-0.2, -0.15) is 10.0 Å². The molecule has 0 saturated carbocycles. The Labute approximate surface area is 36.7 Å². The molecule has 0 aromatic heterocycles. The van der Waals surface area contributed by atoms with Gasteiger partial charge in [-0.1, -0.05) is 0 Å². The smallest absolute Gasteiger partial charge is 0.191 e. The van der Waals surface area contributed by atoms with Crippen LogP contribution in [0.5, 0.6) is 0 Å². The highest BCUT2D eigenvalue weighted by molar-refractivity contribution is 4.61. The normalized spacial score (nSPS) is 55.5. The van der Waals surface area contributed by atoms with Gasteiger partial charge in [0.1, 0.15) is 0 Å². The van der Waals surface area contributed by atoms with E-state index in [9.17, 15) is 0 Å². The molecule has 1 N–H and O–H groups in total. The first kappa shape index (κ1) is 4.05. The SMILES string of the molecule is CN1C(O)N1C. The van der Waals surface area contributed by atoms with E-state index in [2.05, 4.69) is 0 Å². The lowest BCUT2D eigenvalue weighted by Gasteiger charge is -1.76. The maximum absolute atomic E-state index is 8.56. The van der Waals surface area contributed by atoms with E-state index in [0.717, 1.165) is 0 Å². The molecule has 1 aliphatic rings. The third kappa shape index (κ3) is 0.330. The third-order valence-corrected chi connectivity index (χ3v) is 1.11. The van der Waals surface area contributed by atoms with Crippen LogP contribution in [0, 0.1) is 0 Å². The first-order valence-corrected chi connectivity index (χ1v) is 1.87. The molecular formula is C3H8N2O. The lowest BCUT2D eigenvalue weighted by atomic mass is 11.1. The van der Waals surface area contributed by atoms with Gasteiger partial charge in [-0.3, -0.25) is 0 Å². The van der Waals surface area contributed by atoms with Crippen molar-refractivity contribution in [1.29, 1.82) is 0 Å². The molecule has 2 atom stereocenters. The second-order valence-corrected chi connectivity index (χ2v) is 1.49. The molecule has 2 unspecified atom stereocenters. The van der Waals surface area contributed by atoms with Crippen LogP contribution in [0.1, 0.15) is 0 Å². The molecule has 1 fully saturated rings. The summed E-state index contributed by atoms with van der Waals surface area (Å²) in [5.74, 6) is 0. The standard InChI is InChI=1S/C3H8N2O/c1-4-3(6)5(4)2/h3,6H,1-2H3. The van der Waals surface area contributed by atoms with Crippen molar-refractivity contribution < 1.29 is 5.11 Å². The largest absolute Gasteiger partial charge is 0.363 e. The average Bonchev–Trinajstić information content (AvgIpc) is 1.94. The van der Waals surface area contributed by atoms with Crippen LogP contribution in [-0.4, -0.2) is 35.6 Å². The fourth-order valence-corrected chi connectivity index (χ4v) is 0.352. The minimum atomic E-state index is -0.315. The molecule has 0 aromatic carbocycles. The van der Waals surface area contributed by atoms with Crippen molar-refractivity contribution in [3.05, 3.63) is 0 Å². The van der Waals surface area contributed by atoms with Crippen LogP contribution in [0.3, 0.4) is 0 Å². The predicted molar refractivity (Wildman–Crippen MR) is 21.5 cm³/mol. The second kappa shape index (κ2) is 0.932. The molecule has 36 valence electrons. The molecular weight excluding hydrogens is 80.0 g/mol. The summed E-state index contributed by atoms with van der Waals surface area (Å²) in [6, 6.07) is 0. The Morgan fingerprint density at radius 1 is 1.33 bits per heavy atom. The molecule has 0 spiro atoms. The molecule has 3 nitrogen and oxygen atoms in total. The van der Waals surface area contributed by atoms with Crippen molar-refractivity contribution in [3.63, 3.8) is 0 Å². The molecule has 1 aliphatic heterocycles. The van der Waals surface area contributed by atoms with Gasteiger partial charge in [0.25, 0.3) is 0 Å². The molecule has 0 bridgehead atoms. The first-order valence-electron chi connectivity index (χ1n) is 1.87. The van der Waals surface area contributed by atoms with Crippen LogP contribution in [0.2, 0.25) is 0 Å². The highest BCUT2D eigenvalue weighted by Crippen LogP contribution is 2.14. The van der Waals surface area contributed by atoms with Gasteiger partial charge < -0.3 is 5.11 Å². The number of aliphatic hydroxyl groups excluding tert-OH is 1. The van der Waals surface area contributed by atoms with Crippen molar-refractivity contribution >= 4 is 0 Å². The van der Waals surface area contributed by atoms with Crippen molar-refractivity contribution in [1.82, 2.24) is 10.0 Å². The topological polar surface area (TPSA) is 26.2 Å². The van der Waals surface area contributed by atoms with Crippen molar-refractivity contribution in [2.24, 2.45) is 0 Å². The van der Waals surface area contributed by atoms with Gasteiger partial charge in [-0.25, -0.2) is 0 Å². The molecule has 3 heteroatoms. The molecule has 0 aliphatic carbocycles. The van der Waals surface area contributed by atoms with Crippen LogP contribution in [0.15, 0.2) is 0 Å². The summed E-state index contributed by atoms with van der Waals surface area (Å²) in [7, 11) is 3.65. The fourth-order valence-electron chi connectivity index (χ4n) is 0.352. The first-order chi connectivity index (χ1) is 2.73. The number of hydrazine groups is 1. The van der Waals surface area contributed by atoms with Crippen LogP contribution in [0.4, 0.5) is 0 Å². The zero-order chi connectivity index (χ0) is 4.73. The summed E-state index contributed by atoms with van der Waals surface area (Å²) >= 11 is 0. The van der Waals surface area contributed by atoms with E-state index in [1.165, 1.54) is 0 Å². The predicted octanol–water partition coefficient (Wildman–Crippen LogP) is -0.946. The number of rotatable bonds is 0. The number of aliphatic hydroxyl groups is 1. The lowest BCUT2D eigenvalue weighted by molar-refractivity contribution is 0.210. The van der Waals surface area contributed by atoms with E-state index < -0.39 is 0 Å². The van der Waals surface area contributed by atoms with E-state index in [0.29, 0.717) is 0 Å². The molecule has 0 aromatic rings. The van der Waals surface area contributed by atoms with Crippen molar-refractivity contribution in [2.45, 2.75) is 6.35 Å². The van der Waals surface area contributed by atoms with Crippen LogP contribution >= 0.6 is 0 Å². The Morgan fingerprint density at radius 2 is 1.50 bits per heavy atom. The molecule has 6 heavy (non-hydrogen) atoms. The average molecular weight is 88.1 g/mol. The minimum absolute atomic E-state index is 0.315. The van der Waals surface area contributed by atoms with Crippen LogP contribution in [-0.2, 0) is 0 Å². The van der Waals surface area contributed by atoms with Crippen molar-refractivity contribution in [2.75, 3.05) is 14.1 Å². The fraction of sp³-hybridized carbons (Fsp3) is 1.00. The summed E-state index contributed by atoms with van der Waals surface area (Å²) in [5, 5.41) is 12.0. The highest BCUT2D eigenvalue weighted by Gasteiger charge is 2.35. The molecule has 1 rings (SSSR count). The van der Waals surface area contributed by atoms with E-state index in [-0.39, 0.29) is 6.35 Å². The Kier molecular flexibility index (Phi) is 0.629. The second-order valence-electron chi connectivity index (χ2n) is 1.49.